The van der Waals surface area contributed by atoms with Gasteiger partial charge in [-0.3, -0.25) is 13.7 Å². The molecule has 1 aromatic heterocycles. The Hall–Kier alpha value is -7.35. The Morgan fingerprint density at radius 1 is 0.589 bits per heavy atom. The van der Waals surface area contributed by atoms with Crippen LogP contribution in [-0.2, 0) is 41.6 Å². The van der Waals surface area contributed by atoms with E-state index in [9.17, 15) is 48.8 Å². The Morgan fingerprint density at radius 2 is 1.05 bits per heavy atom. The summed E-state index contributed by atoms with van der Waals surface area (Å²) in [5.74, 6) is -2.72. The molecule has 7 N–H and O–H groups in total. The number of rotatable bonds is 24. The lowest BCUT2D eigenvalue weighted by Crippen LogP contribution is -2.14. The Morgan fingerprint density at radius 3 is 1.48 bits per heavy atom. The minimum atomic E-state index is -4.74. The smallest absolute Gasteiger partial charge is 0.335 e. The van der Waals surface area contributed by atoms with Crippen molar-refractivity contribution in [2.75, 3.05) is 62.9 Å². The van der Waals surface area contributed by atoms with Crippen molar-refractivity contribution in [3.63, 3.8) is 0 Å². The first kappa shape index (κ1) is 55.0. The van der Waals surface area contributed by atoms with Crippen molar-refractivity contribution in [3.05, 3.63) is 106 Å². The molecule has 0 amide bonds. The van der Waals surface area contributed by atoms with Crippen LogP contribution in [0.15, 0.2) is 115 Å². The second-order valence-corrected chi connectivity index (χ2v) is 19.7. The maximum atomic E-state index is 12.0. The van der Waals surface area contributed by atoms with Gasteiger partial charge in [-0.05, 0) is 66.2 Å². The number of carbonyl (C=O) groups is 1. The first-order chi connectivity index (χ1) is 34.5. The molecule has 0 unspecified atom stereocenters. The quantitative estimate of drug-likeness (QED) is 0.0169. The molecular weight excluding hydrogens is 1070 g/mol. The molecule has 0 aliphatic rings. The summed E-state index contributed by atoms with van der Waals surface area (Å²) in [4.78, 5) is 23.8. The number of benzene rings is 5. The third-order valence-corrected chi connectivity index (χ3v) is 12.5. The lowest BCUT2D eigenvalue weighted by atomic mass is 10.1. The topological polar surface area (TPSA) is 371 Å². The highest BCUT2D eigenvalue weighted by molar-refractivity contribution is 7.86. The Balaban J connectivity index is 1.40. The molecule has 0 fully saturated rings. The van der Waals surface area contributed by atoms with E-state index < -0.39 is 58.5 Å². The average Bonchev–Trinajstić information content (AvgIpc) is 3.33. The van der Waals surface area contributed by atoms with Crippen molar-refractivity contribution in [1.82, 2.24) is 15.0 Å². The molecule has 0 saturated heterocycles. The number of aromatic carboxylic acids is 1. The monoisotopic (exact) mass is 1110 g/mol. The van der Waals surface area contributed by atoms with E-state index in [-0.39, 0.29) is 110 Å². The molecule has 0 spiro atoms. The van der Waals surface area contributed by atoms with Crippen molar-refractivity contribution in [3.8, 4) is 23.0 Å². The fourth-order valence-corrected chi connectivity index (χ4v) is 8.05. The number of carboxylic acids is 1. The number of hydrogen-bond acceptors (Lipinski definition) is 22. The molecule has 0 atom stereocenters. The van der Waals surface area contributed by atoms with E-state index in [4.69, 9.17) is 46.9 Å². The molecule has 0 bridgehead atoms. The zero-order chi connectivity index (χ0) is 53.1. The van der Waals surface area contributed by atoms with Gasteiger partial charge in [-0.15, -0.1) is 10.2 Å². The fraction of sp³-hybridized carbons (Fsp3) is 0.190. The highest BCUT2D eigenvalue weighted by atomic mass is 35.5. The van der Waals surface area contributed by atoms with Gasteiger partial charge in [-0.25, -0.2) is 4.79 Å². The summed E-state index contributed by atoms with van der Waals surface area (Å²) in [7, 11) is -10.1. The van der Waals surface area contributed by atoms with E-state index in [0.29, 0.717) is 5.56 Å². The van der Waals surface area contributed by atoms with Gasteiger partial charge in [0, 0.05) is 25.8 Å². The van der Waals surface area contributed by atoms with Crippen molar-refractivity contribution < 1.29 is 72.5 Å². The Kier molecular flexibility index (Phi) is 18.0. The number of aromatic nitrogens is 3. The van der Waals surface area contributed by atoms with Gasteiger partial charge in [0.15, 0.2) is 0 Å². The van der Waals surface area contributed by atoms with Crippen LogP contribution in [0.25, 0.3) is 0 Å². The number of carboxylic acid groups (broad SMARTS) is 1. The van der Waals surface area contributed by atoms with Crippen molar-refractivity contribution in [1.29, 1.82) is 0 Å². The third-order valence-electron chi connectivity index (χ3n) is 9.42. The lowest BCUT2D eigenvalue weighted by Gasteiger charge is -2.17. The van der Waals surface area contributed by atoms with Gasteiger partial charge in [0.25, 0.3) is 30.4 Å². The SMILES string of the molecule is COCCOc1cc(N=Nc2ccc(OC)c(S(=O)(=O)O)c2)c(Cl)cc1Nc1nc(NCc2ccc(C(=O)O)cc2)nc(Nc2cc(Cl)c(N=Nc3ccc(OC)c(S(=O)(=O)O)c3)cc2OCCS(=O)(=O)O)n1. The molecule has 73 heavy (non-hydrogen) atoms. The predicted molar refractivity (Wildman–Crippen MR) is 263 cm³/mol. The van der Waals surface area contributed by atoms with Crippen molar-refractivity contribution in [2.45, 2.75) is 16.3 Å². The minimum absolute atomic E-state index is 0.00570. The standard InChI is InChI=1S/C42H40Cl2N10O16S3/c1-66-12-13-69-35-20-29(53-51-25-8-10-33(67-2)37(16-25)72(60,61)62)27(43)18-31(35)46-41-48-40(45-22-23-4-6-24(7-5-23)39(55)56)49-42(50-41)47-32-19-28(44)30(21-36(32)70-14-15-71(57,58)59)54-52-26-9-11-34(68-3)38(17-26)73(63,64)65/h4-11,16-21H,12-15,22H2,1-3H3,(H,55,56)(H,57,58,59)(H,60,61,62)(H,63,64,65)(H3,45,46,47,48,49,50). The van der Waals surface area contributed by atoms with E-state index in [1.807, 2.05) is 0 Å². The number of methoxy groups -OCH3 is 3. The molecule has 0 aliphatic carbocycles. The number of azo groups is 2. The molecule has 6 rings (SSSR count). The normalized spacial score (nSPS) is 11.9. The maximum Gasteiger partial charge on any atom is 0.335 e. The molecule has 0 radical (unpaired) electrons. The summed E-state index contributed by atoms with van der Waals surface area (Å²) in [6.45, 7) is -0.375. The summed E-state index contributed by atoms with van der Waals surface area (Å²) in [6.07, 6.45) is 0. The number of hydrogen-bond donors (Lipinski definition) is 7. The van der Waals surface area contributed by atoms with E-state index in [0.717, 1.165) is 12.1 Å². The zero-order valence-corrected chi connectivity index (χ0v) is 41.9. The van der Waals surface area contributed by atoms with E-state index in [2.05, 4.69) is 51.4 Å². The van der Waals surface area contributed by atoms with Gasteiger partial charge in [0.2, 0.25) is 17.8 Å². The van der Waals surface area contributed by atoms with Gasteiger partial charge >= 0.3 is 5.97 Å². The first-order valence-electron chi connectivity index (χ1n) is 20.4. The number of nitrogens with zero attached hydrogens (tertiary/aromatic N) is 7. The predicted octanol–water partition coefficient (Wildman–Crippen LogP) is 8.61. The molecule has 386 valence electrons. The van der Waals surface area contributed by atoms with Gasteiger partial charge in [0.1, 0.15) is 63.1 Å². The molecule has 5 aromatic carbocycles. The van der Waals surface area contributed by atoms with Gasteiger partial charge < -0.3 is 44.7 Å². The Labute approximate surface area is 425 Å². The summed E-state index contributed by atoms with van der Waals surface area (Å²) in [6, 6.07) is 18.5. The molecule has 0 aliphatic heterocycles. The third kappa shape index (κ3) is 15.6. The van der Waals surface area contributed by atoms with Crippen LogP contribution in [0.1, 0.15) is 15.9 Å². The highest BCUT2D eigenvalue weighted by Crippen LogP contribution is 2.41. The van der Waals surface area contributed by atoms with Crippen molar-refractivity contribution >= 4 is 111 Å². The van der Waals surface area contributed by atoms with Gasteiger partial charge in [0.05, 0.1) is 59.2 Å². The van der Waals surface area contributed by atoms with Crippen LogP contribution in [0.3, 0.4) is 0 Å². The second kappa shape index (κ2) is 23.9. The van der Waals surface area contributed by atoms with Gasteiger partial charge in [-0.2, -0.15) is 50.4 Å². The number of nitrogens with one attached hydrogen (secondary N) is 3. The lowest BCUT2D eigenvalue weighted by molar-refractivity contribution is 0.0696. The summed E-state index contributed by atoms with van der Waals surface area (Å²) < 4.78 is 127. The molecule has 26 nitrogen and oxygen atoms in total. The maximum absolute atomic E-state index is 12.0. The van der Waals surface area contributed by atoms with Crippen LogP contribution in [0.5, 0.6) is 23.0 Å². The molecule has 31 heteroatoms. The summed E-state index contributed by atoms with van der Waals surface area (Å²) in [5.41, 5.74) is 0.766. The molecule has 1 heterocycles. The van der Waals surface area contributed by atoms with Gasteiger partial charge in [-0.1, -0.05) is 35.3 Å². The second-order valence-electron chi connectivity index (χ2n) is 14.5. The van der Waals surface area contributed by atoms with Crippen LogP contribution in [0.4, 0.5) is 52.0 Å². The highest BCUT2D eigenvalue weighted by Gasteiger charge is 2.21. The Bertz CT molecular complexity index is 3430. The summed E-state index contributed by atoms with van der Waals surface area (Å²) >= 11 is 13.4. The average molecular weight is 1110 g/mol. The summed E-state index contributed by atoms with van der Waals surface area (Å²) in [5, 5.41) is 34.6. The van der Waals surface area contributed by atoms with E-state index in [1.165, 1.54) is 82.0 Å². The van der Waals surface area contributed by atoms with Crippen LogP contribution in [0, 0.1) is 0 Å². The molecular formula is C42H40Cl2N10O16S3. The largest absolute Gasteiger partial charge is 0.495 e. The zero-order valence-electron chi connectivity index (χ0n) is 37.9. The number of anilines is 5. The van der Waals surface area contributed by atoms with E-state index >= 15 is 0 Å². The van der Waals surface area contributed by atoms with Crippen molar-refractivity contribution in [2.24, 2.45) is 20.5 Å². The number of ether oxygens (including phenoxy) is 5. The van der Waals surface area contributed by atoms with Crippen LogP contribution in [-0.4, -0.2) is 112 Å². The van der Waals surface area contributed by atoms with Crippen LogP contribution in [0.2, 0.25) is 10.0 Å². The molecule has 6 aromatic rings. The van der Waals surface area contributed by atoms with Crippen LogP contribution >= 0.6 is 23.2 Å². The first-order valence-corrected chi connectivity index (χ1v) is 25.7. The van der Waals surface area contributed by atoms with E-state index in [1.54, 1.807) is 12.1 Å². The fourth-order valence-electron chi connectivity index (χ4n) is 6.00. The van der Waals surface area contributed by atoms with Crippen LogP contribution < -0.4 is 34.9 Å². The minimum Gasteiger partial charge on any atom is -0.495 e. The number of halogens is 2. The molecule has 0 saturated carbocycles.